The number of carbonyl (C=O) groups is 4. The third-order valence-electron chi connectivity index (χ3n) is 7.63. The lowest BCUT2D eigenvalue weighted by Gasteiger charge is -2.59. The standard InChI is InChI=1S/C22H42N2O12Si2/c1-21(19(27)28)15(17(25)23-11-9-13-37(31-3,32-4)33-5)22(2,20(29)30)16(21)18(26)24-12-10-14-38(34-6,35-7)36-8/h15-16H,9-14H2,1-8H3,(H,23,25)(H,24,26)(H,27,28)(H,29,30). The molecule has 0 atom stereocenters. The first kappa shape index (κ1) is 34.1. The minimum Gasteiger partial charge on any atom is -0.481 e. The molecular formula is C22H42N2O12Si2. The third kappa shape index (κ3) is 6.44. The summed E-state index contributed by atoms with van der Waals surface area (Å²) in [6.07, 6.45) is 0.764. The number of carboxylic acid groups (broad SMARTS) is 2. The van der Waals surface area contributed by atoms with Gasteiger partial charge in [0.1, 0.15) is 0 Å². The molecule has 14 nitrogen and oxygen atoms in total. The van der Waals surface area contributed by atoms with Crippen LogP contribution >= 0.6 is 0 Å². The van der Waals surface area contributed by atoms with Gasteiger partial charge < -0.3 is 47.4 Å². The molecule has 0 spiro atoms. The summed E-state index contributed by atoms with van der Waals surface area (Å²) >= 11 is 0. The first-order valence-corrected chi connectivity index (χ1v) is 15.9. The van der Waals surface area contributed by atoms with Gasteiger partial charge in [0.05, 0.1) is 22.7 Å². The van der Waals surface area contributed by atoms with Crippen molar-refractivity contribution in [3.63, 3.8) is 0 Å². The van der Waals surface area contributed by atoms with E-state index in [2.05, 4.69) is 10.6 Å². The fourth-order valence-corrected chi connectivity index (χ4v) is 8.86. The van der Waals surface area contributed by atoms with Crippen LogP contribution in [0.4, 0.5) is 0 Å². The highest BCUT2D eigenvalue weighted by Gasteiger charge is 2.78. The number of aliphatic carboxylic acids is 2. The lowest BCUT2D eigenvalue weighted by molar-refractivity contribution is -0.219. The zero-order valence-corrected chi connectivity index (χ0v) is 25.4. The Labute approximate surface area is 225 Å². The minimum absolute atomic E-state index is 0.104. The van der Waals surface area contributed by atoms with Gasteiger partial charge in [0.15, 0.2) is 0 Å². The van der Waals surface area contributed by atoms with Crippen LogP contribution in [0.5, 0.6) is 0 Å². The second-order valence-electron chi connectivity index (χ2n) is 9.42. The summed E-state index contributed by atoms with van der Waals surface area (Å²) < 4.78 is 32.0. The molecule has 2 amide bonds. The Morgan fingerprint density at radius 3 is 1.11 bits per heavy atom. The maximum atomic E-state index is 13.1. The number of hydrogen-bond acceptors (Lipinski definition) is 10. The molecule has 0 aromatic heterocycles. The van der Waals surface area contributed by atoms with Gasteiger partial charge in [-0.3, -0.25) is 19.2 Å². The molecule has 0 aliphatic heterocycles. The molecule has 1 aliphatic rings. The van der Waals surface area contributed by atoms with Gasteiger partial charge in [-0.15, -0.1) is 0 Å². The van der Waals surface area contributed by atoms with Crippen molar-refractivity contribution in [2.75, 3.05) is 55.7 Å². The van der Waals surface area contributed by atoms with E-state index in [4.69, 9.17) is 26.6 Å². The van der Waals surface area contributed by atoms with Gasteiger partial charge in [-0.05, 0) is 26.7 Å². The summed E-state index contributed by atoms with van der Waals surface area (Å²) in [5, 5.41) is 25.3. The van der Waals surface area contributed by atoms with Crippen molar-refractivity contribution in [3.05, 3.63) is 0 Å². The molecule has 0 aromatic carbocycles. The number of hydrogen-bond donors (Lipinski definition) is 4. The summed E-state index contributed by atoms with van der Waals surface area (Å²) in [6, 6.07) is 0.746. The normalized spacial score (nSPS) is 25.4. The Kier molecular flexibility index (Phi) is 12.5. The Bertz CT molecular complexity index is 758. The highest BCUT2D eigenvalue weighted by Crippen LogP contribution is 2.64. The number of nitrogens with one attached hydrogen (secondary N) is 2. The van der Waals surface area contributed by atoms with Gasteiger partial charge in [-0.25, -0.2) is 0 Å². The molecule has 16 heteroatoms. The van der Waals surface area contributed by atoms with Crippen LogP contribution in [0.2, 0.25) is 12.1 Å². The summed E-state index contributed by atoms with van der Waals surface area (Å²) in [5.74, 6) is -7.40. The van der Waals surface area contributed by atoms with Crippen LogP contribution in [-0.2, 0) is 45.7 Å². The molecule has 38 heavy (non-hydrogen) atoms. The van der Waals surface area contributed by atoms with Crippen molar-refractivity contribution in [3.8, 4) is 0 Å². The maximum absolute atomic E-state index is 13.1. The molecule has 0 radical (unpaired) electrons. The molecule has 220 valence electrons. The van der Waals surface area contributed by atoms with Gasteiger partial charge in [-0.1, -0.05) is 0 Å². The van der Waals surface area contributed by atoms with Crippen molar-refractivity contribution >= 4 is 41.4 Å². The number of amides is 2. The van der Waals surface area contributed by atoms with Gasteiger partial charge in [0.2, 0.25) is 11.8 Å². The van der Waals surface area contributed by atoms with Crippen LogP contribution in [0, 0.1) is 22.7 Å². The van der Waals surface area contributed by atoms with Crippen LogP contribution in [0.15, 0.2) is 0 Å². The van der Waals surface area contributed by atoms with E-state index in [0.717, 1.165) is 0 Å². The zero-order valence-electron chi connectivity index (χ0n) is 23.4. The molecule has 1 saturated carbocycles. The van der Waals surface area contributed by atoms with Crippen LogP contribution in [0.1, 0.15) is 26.7 Å². The lowest BCUT2D eigenvalue weighted by Crippen LogP contribution is -2.75. The first-order chi connectivity index (χ1) is 17.8. The molecule has 1 aliphatic carbocycles. The Hall–Kier alpha value is -1.93. The van der Waals surface area contributed by atoms with Crippen LogP contribution in [0.25, 0.3) is 0 Å². The molecule has 4 N–H and O–H groups in total. The molecular weight excluding hydrogens is 540 g/mol. The van der Waals surface area contributed by atoms with Gasteiger partial charge >= 0.3 is 29.5 Å². The Balaban J connectivity index is 3.00. The second-order valence-corrected chi connectivity index (χ2v) is 15.6. The summed E-state index contributed by atoms with van der Waals surface area (Å²) in [5.41, 5.74) is -3.90. The monoisotopic (exact) mass is 582 g/mol. The SMILES string of the molecule is CO[Si](CCCNC(=O)C1C(C)(C(=O)O)C(C(=O)NCCC[Si](OC)(OC)OC)C1(C)C(=O)O)(OC)OC. The smallest absolute Gasteiger partial charge is 0.481 e. The average Bonchev–Trinajstić information content (AvgIpc) is 2.89. The lowest BCUT2D eigenvalue weighted by atomic mass is 9.39. The largest absolute Gasteiger partial charge is 0.500 e. The minimum atomic E-state index is -2.88. The van der Waals surface area contributed by atoms with E-state index in [1.54, 1.807) is 0 Å². The predicted octanol–water partition coefficient (Wildman–Crippen LogP) is 0.183. The van der Waals surface area contributed by atoms with E-state index in [9.17, 15) is 29.4 Å². The van der Waals surface area contributed by atoms with Crippen LogP contribution in [-0.4, -0.2) is 107 Å². The molecule has 0 bridgehead atoms. The molecule has 0 saturated heterocycles. The van der Waals surface area contributed by atoms with Crippen molar-refractivity contribution < 1.29 is 55.9 Å². The molecule has 0 heterocycles. The molecule has 0 unspecified atom stereocenters. The Morgan fingerprint density at radius 1 is 0.632 bits per heavy atom. The third-order valence-corrected chi connectivity index (χ3v) is 13.3. The first-order valence-electron chi connectivity index (χ1n) is 12.1. The maximum Gasteiger partial charge on any atom is 0.500 e. The highest BCUT2D eigenvalue weighted by molar-refractivity contribution is 6.60. The fraction of sp³-hybridized carbons (Fsp3) is 0.818. The quantitative estimate of drug-likeness (QED) is 0.127. The molecule has 1 fully saturated rings. The second kappa shape index (κ2) is 13.9. The van der Waals surface area contributed by atoms with Crippen LogP contribution < -0.4 is 10.6 Å². The van der Waals surface area contributed by atoms with Gasteiger partial charge in [0, 0.05) is 67.8 Å². The summed E-state index contributed by atoms with van der Waals surface area (Å²) in [7, 11) is 2.99. The van der Waals surface area contributed by atoms with E-state index < -0.39 is 64.0 Å². The van der Waals surface area contributed by atoms with Crippen molar-refractivity contribution in [2.45, 2.75) is 38.8 Å². The van der Waals surface area contributed by atoms with Crippen molar-refractivity contribution in [1.29, 1.82) is 0 Å². The summed E-state index contributed by atoms with van der Waals surface area (Å²) in [6.45, 7) is 2.66. The van der Waals surface area contributed by atoms with E-state index >= 15 is 0 Å². The van der Waals surface area contributed by atoms with E-state index in [0.29, 0.717) is 24.9 Å². The average molecular weight is 583 g/mol. The molecule has 1 rings (SSSR count). The van der Waals surface area contributed by atoms with E-state index in [1.807, 2.05) is 0 Å². The number of carbonyl (C=O) groups excluding carboxylic acids is 2. The highest BCUT2D eigenvalue weighted by atomic mass is 28.4. The van der Waals surface area contributed by atoms with E-state index in [-0.39, 0.29) is 13.1 Å². The van der Waals surface area contributed by atoms with Crippen LogP contribution in [0.3, 0.4) is 0 Å². The zero-order chi connectivity index (χ0) is 29.4. The number of rotatable bonds is 18. The van der Waals surface area contributed by atoms with Crippen molar-refractivity contribution in [1.82, 2.24) is 10.6 Å². The van der Waals surface area contributed by atoms with Gasteiger partial charge in [-0.2, -0.15) is 0 Å². The molecule has 0 aromatic rings. The summed E-state index contributed by atoms with van der Waals surface area (Å²) in [4.78, 5) is 51.0. The fourth-order valence-electron chi connectivity index (χ4n) is 5.42. The van der Waals surface area contributed by atoms with E-state index in [1.165, 1.54) is 56.5 Å². The topological polar surface area (TPSA) is 188 Å². The van der Waals surface area contributed by atoms with Crippen molar-refractivity contribution in [2.24, 2.45) is 22.7 Å². The number of carboxylic acids is 2. The van der Waals surface area contributed by atoms with Gasteiger partial charge in [0.25, 0.3) is 0 Å². The predicted molar refractivity (Wildman–Crippen MR) is 137 cm³/mol. The Morgan fingerprint density at radius 2 is 0.895 bits per heavy atom.